The molecule has 4 heterocycles. The molecular weight excluding hydrogens is 481 g/mol. The summed E-state index contributed by atoms with van der Waals surface area (Å²) in [4.78, 5) is 38.6. The van der Waals surface area contributed by atoms with E-state index in [4.69, 9.17) is 0 Å². The number of nitrogens with one attached hydrogen (secondary N) is 1. The molecule has 0 aliphatic heterocycles. The van der Waals surface area contributed by atoms with E-state index in [1.807, 2.05) is 6.07 Å². The summed E-state index contributed by atoms with van der Waals surface area (Å²) in [7, 11) is 0. The van der Waals surface area contributed by atoms with Gasteiger partial charge in [0, 0.05) is 11.1 Å². The molecule has 1 aliphatic carbocycles. The quantitative estimate of drug-likeness (QED) is 0.420. The summed E-state index contributed by atoms with van der Waals surface area (Å²) >= 11 is 1.41. The number of aromatic amines is 1. The summed E-state index contributed by atoms with van der Waals surface area (Å²) in [5.74, 6) is -1.98. The molecule has 12 heteroatoms. The maximum atomic E-state index is 13.3. The number of carbonyl (C=O) groups excluding carboxylic acids is 1. The second kappa shape index (κ2) is 8.42. The smallest absolute Gasteiger partial charge is 0.308 e. The van der Waals surface area contributed by atoms with Crippen LogP contribution in [0.25, 0.3) is 16.0 Å². The van der Waals surface area contributed by atoms with Crippen molar-refractivity contribution in [3.63, 3.8) is 0 Å². The van der Waals surface area contributed by atoms with E-state index >= 15 is 0 Å². The number of hydrogen-bond acceptors (Lipinski definition) is 7. The van der Waals surface area contributed by atoms with Crippen molar-refractivity contribution < 1.29 is 18.0 Å². The minimum Gasteiger partial charge on any atom is -0.308 e. The predicted octanol–water partition coefficient (Wildman–Crippen LogP) is 4.26. The predicted molar refractivity (Wildman–Crippen MR) is 121 cm³/mol. The minimum atomic E-state index is -4.53. The Labute approximate surface area is 200 Å². The van der Waals surface area contributed by atoms with Gasteiger partial charge in [-0.25, -0.2) is 14.6 Å². The van der Waals surface area contributed by atoms with E-state index < -0.39 is 23.4 Å². The van der Waals surface area contributed by atoms with E-state index in [9.17, 15) is 28.0 Å². The monoisotopic (exact) mass is 498 g/mol. The van der Waals surface area contributed by atoms with Crippen LogP contribution in [0.1, 0.15) is 56.6 Å². The van der Waals surface area contributed by atoms with E-state index in [0.717, 1.165) is 48.3 Å². The third-order valence-electron chi connectivity index (χ3n) is 6.08. The van der Waals surface area contributed by atoms with Gasteiger partial charge in [0.05, 0.1) is 34.5 Å². The highest BCUT2D eigenvalue weighted by Crippen LogP contribution is 2.34. The van der Waals surface area contributed by atoms with Crippen LogP contribution in [0.5, 0.6) is 0 Å². The SMILES string of the molecule is Cc1c(C(=O)C(C#N)c2nc3sc4c(c3c(=O)[nH]2)CCCC4)cnn1-c1ccc(C(F)(F)F)cn1. The minimum absolute atomic E-state index is 0.0478. The number of nitrogens with zero attached hydrogens (tertiary/aromatic N) is 5. The highest BCUT2D eigenvalue weighted by Gasteiger charge is 2.32. The summed E-state index contributed by atoms with van der Waals surface area (Å²) in [6.45, 7) is 1.54. The molecule has 0 spiro atoms. The lowest BCUT2D eigenvalue weighted by molar-refractivity contribution is -0.137. The fourth-order valence-corrected chi connectivity index (χ4v) is 5.55. The van der Waals surface area contributed by atoms with Gasteiger partial charge in [-0.3, -0.25) is 9.59 Å². The lowest BCUT2D eigenvalue weighted by Gasteiger charge is -2.10. The van der Waals surface area contributed by atoms with Gasteiger partial charge in [0.25, 0.3) is 5.56 Å². The second-order valence-electron chi connectivity index (χ2n) is 8.23. The molecule has 0 saturated carbocycles. The number of H-pyrrole nitrogens is 1. The van der Waals surface area contributed by atoms with Crippen LogP contribution in [0, 0.1) is 18.3 Å². The standard InChI is InChI=1S/C23H17F3N6O2S/c1-11-15(10-29-32(11)17-7-6-12(9-28-17)23(24,25)26)19(33)14(8-27)20-30-21(34)18-13-4-2-3-5-16(13)35-22(18)31-20/h6-7,9-10,14H,2-5H2,1H3,(H,30,31,34). The number of aryl methyl sites for hydroxylation is 2. The van der Waals surface area contributed by atoms with Gasteiger partial charge in [-0.15, -0.1) is 11.3 Å². The Balaban J connectivity index is 1.49. The Bertz CT molecular complexity index is 1560. The fourth-order valence-electron chi connectivity index (χ4n) is 4.28. The van der Waals surface area contributed by atoms with E-state index in [2.05, 4.69) is 20.1 Å². The van der Waals surface area contributed by atoms with Gasteiger partial charge in [0.15, 0.2) is 17.5 Å². The Morgan fingerprint density at radius 3 is 2.71 bits per heavy atom. The maximum Gasteiger partial charge on any atom is 0.417 e. The molecular formula is C23H17F3N6O2S. The van der Waals surface area contributed by atoms with Crippen molar-refractivity contribution in [3.8, 4) is 11.9 Å². The average Bonchev–Trinajstić information content (AvgIpc) is 3.39. The molecule has 1 atom stereocenters. The summed E-state index contributed by atoms with van der Waals surface area (Å²) in [6.07, 6.45) is 1.09. The largest absolute Gasteiger partial charge is 0.417 e. The molecule has 4 aromatic heterocycles. The number of nitriles is 1. The summed E-state index contributed by atoms with van der Waals surface area (Å²) in [6, 6.07) is 3.93. The molecule has 1 N–H and O–H groups in total. The molecule has 8 nitrogen and oxygen atoms in total. The molecule has 0 saturated heterocycles. The first-order chi connectivity index (χ1) is 16.7. The zero-order valence-electron chi connectivity index (χ0n) is 18.3. The Hall–Kier alpha value is -3.85. The van der Waals surface area contributed by atoms with Gasteiger partial charge in [-0.2, -0.15) is 23.5 Å². The van der Waals surface area contributed by atoms with Crippen molar-refractivity contribution in [2.24, 2.45) is 0 Å². The first-order valence-corrected chi connectivity index (χ1v) is 11.6. The topological polar surface area (TPSA) is 117 Å². The third kappa shape index (κ3) is 3.91. The normalized spacial score (nSPS) is 14.5. The van der Waals surface area contributed by atoms with E-state index in [1.165, 1.54) is 22.2 Å². The Morgan fingerprint density at radius 2 is 2.03 bits per heavy atom. The van der Waals surface area contributed by atoms with Crippen LogP contribution in [-0.4, -0.2) is 30.5 Å². The number of fused-ring (bicyclic) bond motifs is 3. The van der Waals surface area contributed by atoms with Gasteiger partial charge < -0.3 is 4.98 Å². The zero-order chi connectivity index (χ0) is 24.9. The molecule has 0 amide bonds. The zero-order valence-corrected chi connectivity index (χ0v) is 19.1. The highest BCUT2D eigenvalue weighted by atomic mass is 32.1. The number of ketones is 1. The molecule has 1 aliphatic rings. The van der Waals surface area contributed by atoms with Crippen LogP contribution in [0.15, 0.2) is 29.3 Å². The second-order valence-corrected chi connectivity index (χ2v) is 9.31. The maximum absolute atomic E-state index is 13.3. The number of rotatable bonds is 4. The van der Waals surface area contributed by atoms with E-state index in [-0.39, 0.29) is 28.5 Å². The number of thiophene rings is 1. The van der Waals surface area contributed by atoms with Crippen LogP contribution < -0.4 is 5.56 Å². The van der Waals surface area contributed by atoms with Crippen molar-refractivity contribution in [1.82, 2.24) is 24.7 Å². The van der Waals surface area contributed by atoms with Crippen LogP contribution >= 0.6 is 11.3 Å². The Morgan fingerprint density at radius 1 is 1.26 bits per heavy atom. The van der Waals surface area contributed by atoms with Gasteiger partial charge in [-0.05, 0) is 50.3 Å². The Kier molecular flexibility index (Phi) is 5.52. The number of pyridine rings is 1. The molecule has 0 bridgehead atoms. The van der Waals surface area contributed by atoms with E-state index in [1.54, 1.807) is 6.92 Å². The summed E-state index contributed by atoms with van der Waals surface area (Å²) in [5, 5.41) is 14.4. The first kappa shape index (κ1) is 22.9. The van der Waals surface area contributed by atoms with Crippen LogP contribution in [0.4, 0.5) is 13.2 Å². The summed E-state index contributed by atoms with van der Waals surface area (Å²) in [5.41, 5.74) is 0.0768. The number of hydrogen-bond donors (Lipinski definition) is 1. The van der Waals surface area contributed by atoms with Crippen LogP contribution in [0.2, 0.25) is 0 Å². The van der Waals surface area contributed by atoms with Gasteiger partial charge >= 0.3 is 6.18 Å². The number of carbonyl (C=O) groups is 1. The molecule has 0 fully saturated rings. The molecule has 1 unspecified atom stereocenters. The van der Waals surface area contributed by atoms with Crippen LogP contribution in [0.3, 0.4) is 0 Å². The van der Waals surface area contributed by atoms with E-state index in [0.29, 0.717) is 16.4 Å². The molecule has 178 valence electrons. The number of Topliss-reactive ketones (excluding diaryl/α,β-unsaturated/α-hetero) is 1. The van der Waals surface area contributed by atoms with Gasteiger partial charge in [-0.1, -0.05) is 0 Å². The molecule has 4 aromatic rings. The lowest BCUT2D eigenvalue weighted by atomic mass is 9.96. The molecule has 35 heavy (non-hydrogen) atoms. The number of aromatic nitrogens is 5. The third-order valence-corrected chi connectivity index (χ3v) is 7.26. The van der Waals surface area contributed by atoms with Crippen molar-refractivity contribution in [1.29, 1.82) is 5.26 Å². The fraction of sp³-hybridized carbons (Fsp3) is 0.304. The first-order valence-electron chi connectivity index (χ1n) is 10.8. The lowest BCUT2D eigenvalue weighted by Crippen LogP contribution is -2.20. The van der Waals surface area contributed by atoms with Crippen molar-refractivity contribution in [3.05, 3.63) is 68.0 Å². The van der Waals surface area contributed by atoms with Crippen molar-refractivity contribution in [2.75, 3.05) is 0 Å². The number of alkyl halides is 3. The van der Waals surface area contributed by atoms with Crippen LogP contribution in [-0.2, 0) is 19.0 Å². The molecule has 5 rings (SSSR count). The number of halogens is 3. The van der Waals surface area contributed by atoms with Gasteiger partial charge in [0.1, 0.15) is 10.7 Å². The molecule has 0 aromatic carbocycles. The molecule has 0 radical (unpaired) electrons. The van der Waals surface area contributed by atoms with Crippen molar-refractivity contribution in [2.45, 2.75) is 44.7 Å². The van der Waals surface area contributed by atoms with Crippen molar-refractivity contribution >= 4 is 27.3 Å². The van der Waals surface area contributed by atoms with Gasteiger partial charge in [0.2, 0.25) is 0 Å². The average molecular weight is 498 g/mol. The highest BCUT2D eigenvalue weighted by molar-refractivity contribution is 7.18. The summed E-state index contributed by atoms with van der Waals surface area (Å²) < 4.78 is 39.7.